The van der Waals surface area contributed by atoms with Crippen LogP contribution in [0, 0.1) is 6.92 Å². The summed E-state index contributed by atoms with van der Waals surface area (Å²) < 4.78 is 0. The number of aryl methyl sites for hydroxylation is 1. The summed E-state index contributed by atoms with van der Waals surface area (Å²) in [5.41, 5.74) is 1.59. The van der Waals surface area contributed by atoms with Gasteiger partial charge in [0.2, 0.25) is 0 Å². The number of amides is 1. The van der Waals surface area contributed by atoms with E-state index in [1.807, 2.05) is 6.92 Å². The number of nitrogens with one attached hydrogen (secondary N) is 1. The molecule has 0 unspecified atom stereocenters. The zero-order valence-corrected chi connectivity index (χ0v) is 11.0. The van der Waals surface area contributed by atoms with Gasteiger partial charge in [-0.15, -0.1) is 0 Å². The quantitative estimate of drug-likeness (QED) is 0.859. The van der Waals surface area contributed by atoms with Gasteiger partial charge >= 0.3 is 0 Å². The molecule has 0 fully saturated rings. The van der Waals surface area contributed by atoms with Gasteiger partial charge in [0.25, 0.3) is 5.91 Å². The van der Waals surface area contributed by atoms with Crippen LogP contribution in [0.2, 0.25) is 10.3 Å². The van der Waals surface area contributed by atoms with E-state index in [9.17, 15) is 4.79 Å². The van der Waals surface area contributed by atoms with Crippen molar-refractivity contribution >= 4 is 34.8 Å². The molecule has 2 heterocycles. The Labute approximate surface area is 114 Å². The van der Waals surface area contributed by atoms with E-state index < -0.39 is 0 Å². The minimum absolute atomic E-state index is 0.146. The second-order valence-corrected chi connectivity index (χ2v) is 4.31. The highest BCUT2D eigenvalue weighted by molar-refractivity contribution is 6.34. The zero-order chi connectivity index (χ0) is 13.1. The minimum atomic E-state index is -0.369. The highest BCUT2D eigenvalue weighted by Crippen LogP contribution is 2.24. The van der Waals surface area contributed by atoms with Crippen LogP contribution in [-0.4, -0.2) is 15.9 Å². The molecule has 4 nitrogen and oxygen atoms in total. The molecule has 0 aliphatic heterocycles. The van der Waals surface area contributed by atoms with Gasteiger partial charge in [0.1, 0.15) is 5.15 Å². The van der Waals surface area contributed by atoms with Crippen molar-refractivity contribution in [1.29, 1.82) is 0 Å². The van der Waals surface area contributed by atoms with Crippen LogP contribution >= 0.6 is 23.2 Å². The highest BCUT2D eigenvalue weighted by Gasteiger charge is 2.14. The molecule has 1 amide bonds. The maximum absolute atomic E-state index is 12.0. The Balaban J connectivity index is 2.30. The van der Waals surface area contributed by atoms with E-state index in [-0.39, 0.29) is 16.2 Å². The molecule has 6 heteroatoms. The van der Waals surface area contributed by atoms with Gasteiger partial charge in [0, 0.05) is 12.4 Å². The molecule has 18 heavy (non-hydrogen) atoms. The summed E-state index contributed by atoms with van der Waals surface area (Å²) in [6, 6.07) is 4.98. The van der Waals surface area contributed by atoms with Crippen LogP contribution in [0.5, 0.6) is 0 Å². The van der Waals surface area contributed by atoms with E-state index in [1.165, 1.54) is 6.20 Å². The number of hydrogen-bond donors (Lipinski definition) is 1. The minimum Gasteiger partial charge on any atom is -0.319 e. The van der Waals surface area contributed by atoms with Gasteiger partial charge in [-0.3, -0.25) is 4.79 Å². The summed E-state index contributed by atoms with van der Waals surface area (Å²) in [4.78, 5) is 19.8. The van der Waals surface area contributed by atoms with Crippen LogP contribution in [0.3, 0.4) is 0 Å². The maximum atomic E-state index is 12.0. The van der Waals surface area contributed by atoms with E-state index in [1.54, 1.807) is 24.4 Å². The number of halogens is 2. The average molecular weight is 282 g/mol. The lowest BCUT2D eigenvalue weighted by Crippen LogP contribution is -2.14. The van der Waals surface area contributed by atoms with Crippen molar-refractivity contribution < 1.29 is 4.79 Å². The number of anilines is 1. The van der Waals surface area contributed by atoms with Crippen LogP contribution in [0.1, 0.15) is 15.9 Å². The molecule has 2 rings (SSSR count). The van der Waals surface area contributed by atoms with Gasteiger partial charge in [0.05, 0.1) is 11.3 Å². The normalized spacial score (nSPS) is 10.2. The molecule has 0 spiro atoms. The SMILES string of the molecule is Cc1ccnc(Cl)c1NC(=O)c1cccnc1Cl. The van der Waals surface area contributed by atoms with E-state index in [4.69, 9.17) is 23.2 Å². The molecule has 2 aromatic heterocycles. The average Bonchev–Trinajstić information content (AvgIpc) is 2.34. The first-order chi connectivity index (χ1) is 8.59. The lowest BCUT2D eigenvalue weighted by atomic mass is 10.2. The van der Waals surface area contributed by atoms with E-state index in [2.05, 4.69) is 15.3 Å². The van der Waals surface area contributed by atoms with E-state index >= 15 is 0 Å². The Hall–Kier alpha value is -1.65. The molecule has 0 bridgehead atoms. The van der Waals surface area contributed by atoms with Gasteiger partial charge < -0.3 is 5.32 Å². The third-order valence-corrected chi connectivity index (χ3v) is 2.94. The molecular formula is C12H9Cl2N3O. The van der Waals surface area contributed by atoms with Crippen LogP contribution in [0.4, 0.5) is 5.69 Å². The number of nitrogens with zero attached hydrogens (tertiary/aromatic N) is 2. The Morgan fingerprint density at radius 3 is 2.56 bits per heavy atom. The molecule has 0 atom stereocenters. The number of pyridine rings is 2. The first-order valence-corrected chi connectivity index (χ1v) is 5.88. The summed E-state index contributed by atoms with van der Waals surface area (Å²) in [5, 5.41) is 3.06. The number of rotatable bonds is 2. The fourth-order valence-electron chi connectivity index (χ4n) is 1.41. The summed E-state index contributed by atoms with van der Waals surface area (Å²) in [5.74, 6) is -0.369. The first kappa shape index (κ1) is 12.8. The monoisotopic (exact) mass is 281 g/mol. The number of carbonyl (C=O) groups excluding carboxylic acids is 1. The zero-order valence-electron chi connectivity index (χ0n) is 9.45. The first-order valence-electron chi connectivity index (χ1n) is 5.12. The summed E-state index contributed by atoms with van der Waals surface area (Å²) in [7, 11) is 0. The van der Waals surface area contributed by atoms with Crippen molar-refractivity contribution in [1.82, 2.24) is 9.97 Å². The molecule has 0 radical (unpaired) electrons. The Morgan fingerprint density at radius 1 is 1.17 bits per heavy atom. The lowest BCUT2D eigenvalue weighted by Gasteiger charge is -2.09. The van der Waals surface area contributed by atoms with Gasteiger partial charge in [0.15, 0.2) is 5.15 Å². The number of carbonyl (C=O) groups is 1. The van der Waals surface area contributed by atoms with Gasteiger partial charge in [-0.1, -0.05) is 23.2 Å². The topological polar surface area (TPSA) is 54.9 Å². The van der Waals surface area contributed by atoms with Gasteiger partial charge in [-0.25, -0.2) is 9.97 Å². The third kappa shape index (κ3) is 2.60. The van der Waals surface area contributed by atoms with Gasteiger partial charge in [-0.05, 0) is 30.7 Å². The largest absolute Gasteiger partial charge is 0.319 e. The number of hydrogen-bond acceptors (Lipinski definition) is 3. The molecular weight excluding hydrogens is 273 g/mol. The molecule has 92 valence electrons. The van der Waals surface area contributed by atoms with Crippen LogP contribution < -0.4 is 5.32 Å². The standard InChI is InChI=1S/C12H9Cl2N3O/c1-7-4-6-16-11(14)9(7)17-12(18)8-3-2-5-15-10(8)13/h2-6H,1H3,(H,17,18). The summed E-state index contributed by atoms with van der Waals surface area (Å²) in [6.07, 6.45) is 3.09. The molecule has 0 aliphatic rings. The predicted molar refractivity (Wildman–Crippen MR) is 71.2 cm³/mol. The predicted octanol–water partition coefficient (Wildman–Crippen LogP) is 3.34. The van der Waals surface area contributed by atoms with Crippen molar-refractivity contribution in [2.45, 2.75) is 6.92 Å². The van der Waals surface area contributed by atoms with Crippen molar-refractivity contribution in [3.63, 3.8) is 0 Å². The molecule has 0 aliphatic carbocycles. The van der Waals surface area contributed by atoms with Crippen molar-refractivity contribution in [2.24, 2.45) is 0 Å². The highest BCUT2D eigenvalue weighted by atomic mass is 35.5. The fourth-order valence-corrected chi connectivity index (χ4v) is 1.87. The van der Waals surface area contributed by atoms with Crippen LogP contribution in [0.15, 0.2) is 30.6 Å². The molecule has 0 saturated carbocycles. The van der Waals surface area contributed by atoms with Crippen molar-refractivity contribution in [3.05, 3.63) is 52.0 Å². The summed E-state index contributed by atoms with van der Waals surface area (Å²) >= 11 is 11.8. The van der Waals surface area contributed by atoms with Crippen LogP contribution in [0.25, 0.3) is 0 Å². The summed E-state index contributed by atoms with van der Waals surface area (Å²) in [6.45, 7) is 1.83. The van der Waals surface area contributed by atoms with Gasteiger partial charge in [-0.2, -0.15) is 0 Å². The smallest absolute Gasteiger partial charge is 0.258 e. The lowest BCUT2D eigenvalue weighted by molar-refractivity contribution is 0.102. The van der Waals surface area contributed by atoms with E-state index in [0.29, 0.717) is 11.3 Å². The van der Waals surface area contributed by atoms with Crippen molar-refractivity contribution in [2.75, 3.05) is 5.32 Å². The Bertz CT molecular complexity index is 581. The second-order valence-electron chi connectivity index (χ2n) is 3.59. The third-order valence-electron chi connectivity index (χ3n) is 2.36. The van der Waals surface area contributed by atoms with Crippen LogP contribution in [-0.2, 0) is 0 Å². The fraction of sp³-hybridized carbons (Fsp3) is 0.0833. The molecule has 0 saturated heterocycles. The molecule has 2 aromatic rings. The Morgan fingerprint density at radius 2 is 1.89 bits per heavy atom. The van der Waals surface area contributed by atoms with E-state index in [0.717, 1.165) is 5.56 Å². The second kappa shape index (κ2) is 5.33. The molecule has 1 N–H and O–H groups in total. The van der Waals surface area contributed by atoms with Crippen molar-refractivity contribution in [3.8, 4) is 0 Å². The Kier molecular flexibility index (Phi) is 3.79. The maximum Gasteiger partial charge on any atom is 0.258 e. The number of aromatic nitrogens is 2. The molecule has 0 aromatic carbocycles.